The number of nitrogens with one attached hydrogen (secondary N) is 1. The molecule has 1 aromatic heterocycles. The van der Waals surface area contributed by atoms with Crippen LogP contribution >= 0.6 is 0 Å². The van der Waals surface area contributed by atoms with Crippen LogP contribution in [-0.4, -0.2) is 22.4 Å². The minimum Gasteiger partial charge on any atom is -0.314 e. The SMILES string of the molecule is CC(C)NCC1CCCC1c1cnn(C)c1. The van der Waals surface area contributed by atoms with E-state index in [0.717, 1.165) is 18.4 Å². The minimum atomic E-state index is 0.593. The van der Waals surface area contributed by atoms with Crippen molar-refractivity contribution in [2.45, 2.75) is 45.1 Å². The summed E-state index contributed by atoms with van der Waals surface area (Å²) in [6.07, 6.45) is 8.27. The van der Waals surface area contributed by atoms with Crippen LogP contribution in [0.15, 0.2) is 12.4 Å². The summed E-state index contributed by atoms with van der Waals surface area (Å²) in [7, 11) is 2.00. The highest BCUT2D eigenvalue weighted by atomic mass is 15.2. The van der Waals surface area contributed by atoms with Gasteiger partial charge in [0.15, 0.2) is 0 Å². The molecule has 1 heterocycles. The van der Waals surface area contributed by atoms with Crippen molar-refractivity contribution in [3.05, 3.63) is 18.0 Å². The molecule has 1 aromatic rings. The predicted octanol–water partition coefficient (Wildman–Crippen LogP) is 2.30. The first-order chi connectivity index (χ1) is 7.66. The number of hydrogen-bond donors (Lipinski definition) is 1. The Morgan fingerprint density at radius 2 is 2.31 bits per heavy atom. The second-order valence-corrected chi connectivity index (χ2v) is 5.31. The van der Waals surface area contributed by atoms with E-state index in [1.54, 1.807) is 0 Å². The first-order valence-electron chi connectivity index (χ1n) is 6.38. The minimum absolute atomic E-state index is 0.593. The molecule has 1 N–H and O–H groups in total. The van der Waals surface area contributed by atoms with Gasteiger partial charge in [0.05, 0.1) is 6.20 Å². The van der Waals surface area contributed by atoms with Gasteiger partial charge in [-0.2, -0.15) is 5.10 Å². The van der Waals surface area contributed by atoms with E-state index in [4.69, 9.17) is 0 Å². The highest BCUT2D eigenvalue weighted by molar-refractivity contribution is 5.14. The molecule has 0 amide bonds. The van der Waals surface area contributed by atoms with Crippen LogP contribution in [0.2, 0.25) is 0 Å². The van der Waals surface area contributed by atoms with Gasteiger partial charge in [-0.05, 0) is 36.8 Å². The maximum absolute atomic E-state index is 4.29. The zero-order valence-corrected chi connectivity index (χ0v) is 10.6. The smallest absolute Gasteiger partial charge is 0.0524 e. The average Bonchev–Trinajstić information content (AvgIpc) is 2.82. The lowest BCUT2D eigenvalue weighted by Gasteiger charge is -2.20. The molecule has 0 aliphatic heterocycles. The molecule has 2 unspecified atom stereocenters. The molecule has 1 fully saturated rings. The van der Waals surface area contributed by atoms with Crippen molar-refractivity contribution in [2.24, 2.45) is 13.0 Å². The summed E-state index contributed by atoms with van der Waals surface area (Å²) in [6.45, 7) is 5.58. The number of nitrogens with zero attached hydrogens (tertiary/aromatic N) is 2. The Morgan fingerprint density at radius 3 is 2.94 bits per heavy atom. The second-order valence-electron chi connectivity index (χ2n) is 5.31. The zero-order chi connectivity index (χ0) is 11.5. The van der Waals surface area contributed by atoms with Crippen LogP contribution in [0, 0.1) is 5.92 Å². The first-order valence-corrected chi connectivity index (χ1v) is 6.38. The molecule has 1 aliphatic carbocycles. The second kappa shape index (κ2) is 5.00. The van der Waals surface area contributed by atoms with Crippen LogP contribution in [-0.2, 0) is 7.05 Å². The molecule has 90 valence electrons. The molecule has 0 spiro atoms. The fraction of sp³-hybridized carbons (Fsp3) is 0.769. The van der Waals surface area contributed by atoms with Gasteiger partial charge in [0.2, 0.25) is 0 Å². The molecule has 2 atom stereocenters. The predicted molar refractivity (Wildman–Crippen MR) is 66.4 cm³/mol. The van der Waals surface area contributed by atoms with Crippen molar-refractivity contribution in [1.29, 1.82) is 0 Å². The molecule has 2 rings (SSSR count). The molecular weight excluding hydrogens is 198 g/mol. The number of aryl methyl sites for hydroxylation is 1. The highest BCUT2D eigenvalue weighted by Gasteiger charge is 2.29. The summed E-state index contributed by atoms with van der Waals surface area (Å²) in [5.74, 6) is 1.52. The van der Waals surface area contributed by atoms with E-state index >= 15 is 0 Å². The van der Waals surface area contributed by atoms with Gasteiger partial charge in [-0.3, -0.25) is 4.68 Å². The normalized spacial score (nSPS) is 25.5. The van der Waals surface area contributed by atoms with Gasteiger partial charge in [-0.15, -0.1) is 0 Å². The van der Waals surface area contributed by atoms with Crippen molar-refractivity contribution in [3.8, 4) is 0 Å². The van der Waals surface area contributed by atoms with Gasteiger partial charge in [-0.25, -0.2) is 0 Å². The Morgan fingerprint density at radius 1 is 1.50 bits per heavy atom. The average molecular weight is 221 g/mol. The first kappa shape index (κ1) is 11.6. The van der Waals surface area contributed by atoms with Crippen LogP contribution in [0.1, 0.15) is 44.6 Å². The Balaban J connectivity index is 1.98. The molecule has 0 aromatic carbocycles. The van der Waals surface area contributed by atoms with Gasteiger partial charge >= 0.3 is 0 Å². The maximum atomic E-state index is 4.29. The van der Waals surface area contributed by atoms with Crippen LogP contribution in [0.5, 0.6) is 0 Å². The van der Waals surface area contributed by atoms with E-state index in [-0.39, 0.29) is 0 Å². The van der Waals surface area contributed by atoms with Crippen molar-refractivity contribution in [1.82, 2.24) is 15.1 Å². The molecule has 0 saturated heterocycles. The zero-order valence-electron chi connectivity index (χ0n) is 10.6. The topological polar surface area (TPSA) is 29.9 Å². The summed E-state index contributed by atoms with van der Waals surface area (Å²) < 4.78 is 1.92. The number of aromatic nitrogens is 2. The molecule has 3 heteroatoms. The van der Waals surface area contributed by atoms with Crippen LogP contribution < -0.4 is 5.32 Å². The summed E-state index contributed by atoms with van der Waals surface area (Å²) in [4.78, 5) is 0. The molecule has 1 saturated carbocycles. The Bertz CT molecular complexity index is 330. The third-order valence-corrected chi connectivity index (χ3v) is 3.60. The lowest BCUT2D eigenvalue weighted by atomic mass is 9.91. The standard InChI is InChI=1S/C13H23N3/c1-10(2)14-7-11-5-4-6-13(11)12-8-15-16(3)9-12/h8-11,13-14H,4-7H2,1-3H3. The fourth-order valence-electron chi connectivity index (χ4n) is 2.74. The maximum Gasteiger partial charge on any atom is 0.0524 e. The third-order valence-electron chi connectivity index (χ3n) is 3.60. The Kier molecular flexibility index (Phi) is 3.64. The van der Waals surface area contributed by atoms with E-state index in [1.807, 2.05) is 17.9 Å². The number of rotatable bonds is 4. The molecule has 3 nitrogen and oxygen atoms in total. The van der Waals surface area contributed by atoms with Crippen LogP contribution in [0.4, 0.5) is 0 Å². The largest absolute Gasteiger partial charge is 0.314 e. The van der Waals surface area contributed by atoms with Crippen molar-refractivity contribution < 1.29 is 0 Å². The summed E-state index contributed by atoms with van der Waals surface area (Å²) >= 11 is 0. The van der Waals surface area contributed by atoms with Gasteiger partial charge in [-0.1, -0.05) is 20.3 Å². The molecule has 1 aliphatic rings. The van der Waals surface area contributed by atoms with Gasteiger partial charge in [0.1, 0.15) is 0 Å². The summed E-state index contributed by atoms with van der Waals surface area (Å²) in [6, 6.07) is 0.593. The Labute approximate surface area is 98.2 Å². The van der Waals surface area contributed by atoms with Crippen molar-refractivity contribution in [2.75, 3.05) is 6.54 Å². The van der Waals surface area contributed by atoms with Gasteiger partial charge in [0, 0.05) is 19.3 Å². The quantitative estimate of drug-likeness (QED) is 0.845. The summed E-state index contributed by atoms with van der Waals surface area (Å²) in [5, 5.41) is 7.85. The molecular formula is C13H23N3. The fourth-order valence-corrected chi connectivity index (χ4v) is 2.74. The van der Waals surface area contributed by atoms with E-state index in [0.29, 0.717) is 6.04 Å². The van der Waals surface area contributed by atoms with Gasteiger partial charge < -0.3 is 5.32 Å². The number of hydrogen-bond acceptors (Lipinski definition) is 2. The van der Waals surface area contributed by atoms with Crippen LogP contribution in [0.3, 0.4) is 0 Å². The van der Waals surface area contributed by atoms with Gasteiger partial charge in [0.25, 0.3) is 0 Å². The lowest BCUT2D eigenvalue weighted by Crippen LogP contribution is -2.29. The van der Waals surface area contributed by atoms with Crippen LogP contribution in [0.25, 0.3) is 0 Å². The molecule has 16 heavy (non-hydrogen) atoms. The highest BCUT2D eigenvalue weighted by Crippen LogP contribution is 2.38. The monoisotopic (exact) mass is 221 g/mol. The summed E-state index contributed by atoms with van der Waals surface area (Å²) in [5.41, 5.74) is 1.43. The van der Waals surface area contributed by atoms with Crippen molar-refractivity contribution in [3.63, 3.8) is 0 Å². The van der Waals surface area contributed by atoms with E-state index in [1.165, 1.54) is 24.8 Å². The lowest BCUT2D eigenvalue weighted by molar-refractivity contribution is 0.422. The van der Waals surface area contributed by atoms with E-state index < -0.39 is 0 Å². The van der Waals surface area contributed by atoms with Crippen molar-refractivity contribution >= 4 is 0 Å². The molecule has 0 bridgehead atoms. The Hall–Kier alpha value is -0.830. The van der Waals surface area contributed by atoms with E-state index in [2.05, 4.69) is 30.5 Å². The molecule has 0 radical (unpaired) electrons. The third kappa shape index (κ3) is 2.64. The van der Waals surface area contributed by atoms with E-state index in [9.17, 15) is 0 Å².